The van der Waals surface area contributed by atoms with E-state index in [0.717, 1.165) is 12.8 Å². The summed E-state index contributed by atoms with van der Waals surface area (Å²) in [5.74, 6) is 0.677. The Hall–Kier alpha value is -0.730. The molecule has 1 amide bonds. The van der Waals surface area contributed by atoms with Gasteiger partial charge in [-0.05, 0) is 38.5 Å². The van der Waals surface area contributed by atoms with Crippen LogP contribution in [0.25, 0.3) is 0 Å². The van der Waals surface area contributed by atoms with Crippen LogP contribution in [0, 0.1) is 5.92 Å². The van der Waals surface area contributed by atoms with Gasteiger partial charge < -0.3 is 10.1 Å². The minimum atomic E-state index is -0.204. The molecule has 0 bridgehead atoms. The largest absolute Gasteiger partial charge is 0.450 e. The summed E-state index contributed by atoms with van der Waals surface area (Å²) < 4.78 is 5.11. The van der Waals surface area contributed by atoms with Crippen molar-refractivity contribution in [2.75, 3.05) is 6.61 Å². The van der Waals surface area contributed by atoms with Crippen LogP contribution < -0.4 is 5.32 Å². The average Bonchev–Trinajstić information content (AvgIpc) is 2.41. The highest BCUT2D eigenvalue weighted by atomic mass is 16.5. The Morgan fingerprint density at radius 3 is 2.26 bits per heavy atom. The van der Waals surface area contributed by atoms with Crippen LogP contribution in [0.3, 0.4) is 0 Å². The van der Waals surface area contributed by atoms with Crippen LogP contribution >= 0.6 is 0 Å². The summed E-state index contributed by atoms with van der Waals surface area (Å²) in [7, 11) is 0. The number of rotatable bonds is 3. The van der Waals surface area contributed by atoms with Crippen LogP contribution in [-0.4, -0.2) is 18.2 Å². The van der Waals surface area contributed by atoms with Gasteiger partial charge in [-0.1, -0.05) is 46.0 Å². The van der Waals surface area contributed by atoms with Gasteiger partial charge in [-0.3, -0.25) is 0 Å². The number of alkyl carbamates (subject to hydrolysis) is 1. The van der Waals surface area contributed by atoms with E-state index in [1.54, 1.807) is 0 Å². The van der Waals surface area contributed by atoms with Crippen molar-refractivity contribution in [3.05, 3.63) is 0 Å². The third-order valence-corrected chi connectivity index (χ3v) is 4.76. The Labute approximate surface area is 118 Å². The molecule has 2 rings (SSSR count). The summed E-state index contributed by atoms with van der Waals surface area (Å²) in [6.45, 7) is 2.33. The minimum Gasteiger partial charge on any atom is -0.450 e. The van der Waals surface area contributed by atoms with E-state index in [-0.39, 0.29) is 19.1 Å². The lowest BCUT2D eigenvalue weighted by Gasteiger charge is -2.45. The highest BCUT2D eigenvalue weighted by Crippen LogP contribution is 2.41. The van der Waals surface area contributed by atoms with Crippen molar-refractivity contribution < 1.29 is 9.53 Å². The first-order valence-corrected chi connectivity index (χ1v) is 7.72. The quantitative estimate of drug-likeness (QED) is 0.809. The van der Waals surface area contributed by atoms with Gasteiger partial charge in [-0.2, -0.15) is 0 Å². The fourth-order valence-corrected chi connectivity index (χ4v) is 3.84. The number of hydrogen-bond acceptors (Lipinski definition) is 2. The van der Waals surface area contributed by atoms with E-state index in [2.05, 4.69) is 5.32 Å². The summed E-state index contributed by atoms with van der Waals surface area (Å²) in [4.78, 5) is 11.8. The Morgan fingerprint density at radius 1 is 1.11 bits per heavy atom. The average molecular weight is 269 g/mol. The number of nitrogens with one attached hydrogen (secondary N) is 1. The molecule has 0 aromatic rings. The third kappa shape index (κ3) is 4.12. The smallest absolute Gasteiger partial charge is 0.407 e. The topological polar surface area (TPSA) is 38.3 Å². The Morgan fingerprint density at radius 2 is 1.68 bits per heavy atom. The Balaban J connectivity index is 0.00000180. The van der Waals surface area contributed by atoms with E-state index in [9.17, 15) is 4.79 Å². The number of carbonyl (C=O) groups is 1. The zero-order chi connectivity index (χ0) is 12.8. The van der Waals surface area contributed by atoms with Gasteiger partial charge in [-0.25, -0.2) is 4.79 Å². The first-order chi connectivity index (χ1) is 8.77. The molecule has 2 aliphatic rings. The summed E-state index contributed by atoms with van der Waals surface area (Å²) in [5, 5.41) is 3.24. The Kier molecular flexibility index (Phi) is 6.67. The summed E-state index contributed by atoms with van der Waals surface area (Å²) in [5.41, 5.74) is 0.0466. The molecule has 0 unspecified atom stereocenters. The van der Waals surface area contributed by atoms with Gasteiger partial charge in [0.15, 0.2) is 0 Å². The SMILES string of the molecule is C.CCOC(=O)NC1(C2CCCCC2)CCCCC1. The van der Waals surface area contributed by atoms with Crippen LogP contribution in [0.4, 0.5) is 4.79 Å². The summed E-state index contributed by atoms with van der Waals surface area (Å²) >= 11 is 0. The molecule has 0 heterocycles. The van der Waals surface area contributed by atoms with E-state index in [4.69, 9.17) is 4.74 Å². The minimum absolute atomic E-state index is 0. The molecule has 2 saturated carbocycles. The molecule has 2 fully saturated rings. The predicted octanol–water partition coefficient (Wildman–Crippen LogP) is 4.65. The number of carbonyl (C=O) groups excluding carboxylic acids is 1. The maximum atomic E-state index is 11.8. The molecule has 0 aromatic carbocycles. The van der Waals surface area contributed by atoms with Crippen LogP contribution in [0.5, 0.6) is 0 Å². The van der Waals surface area contributed by atoms with Crippen LogP contribution in [-0.2, 0) is 4.74 Å². The van der Waals surface area contributed by atoms with Crippen molar-refractivity contribution in [1.82, 2.24) is 5.32 Å². The molecule has 0 saturated heterocycles. The van der Waals surface area contributed by atoms with Crippen LogP contribution in [0.2, 0.25) is 0 Å². The van der Waals surface area contributed by atoms with Gasteiger partial charge in [0.1, 0.15) is 0 Å². The second-order valence-electron chi connectivity index (χ2n) is 5.90. The summed E-state index contributed by atoms with van der Waals surface area (Å²) in [6, 6.07) is 0. The monoisotopic (exact) mass is 269 g/mol. The van der Waals surface area contributed by atoms with E-state index in [1.165, 1.54) is 51.4 Å². The molecule has 3 heteroatoms. The molecule has 19 heavy (non-hydrogen) atoms. The second kappa shape index (κ2) is 7.76. The Bertz CT molecular complexity index is 266. The first-order valence-electron chi connectivity index (χ1n) is 7.72. The predicted molar refractivity (Wildman–Crippen MR) is 79.3 cm³/mol. The highest BCUT2D eigenvalue weighted by Gasteiger charge is 2.41. The molecule has 0 atom stereocenters. The normalized spacial score (nSPS) is 23.2. The van der Waals surface area contributed by atoms with Gasteiger partial charge in [0, 0.05) is 5.54 Å². The highest BCUT2D eigenvalue weighted by molar-refractivity contribution is 5.68. The molecular weight excluding hydrogens is 238 g/mol. The second-order valence-corrected chi connectivity index (χ2v) is 5.90. The number of ether oxygens (including phenoxy) is 1. The molecule has 112 valence electrons. The van der Waals surface area contributed by atoms with Crippen molar-refractivity contribution in [3.8, 4) is 0 Å². The zero-order valence-electron chi connectivity index (χ0n) is 11.7. The lowest BCUT2D eigenvalue weighted by atomic mass is 9.67. The van der Waals surface area contributed by atoms with Crippen molar-refractivity contribution in [1.29, 1.82) is 0 Å². The molecule has 1 N–H and O–H groups in total. The maximum Gasteiger partial charge on any atom is 0.407 e. The van der Waals surface area contributed by atoms with Gasteiger partial charge in [0.25, 0.3) is 0 Å². The lowest BCUT2D eigenvalue weighted by molar-refractivity contribution is 0.0878. The molecule has 2 aliphatic carbocycles. The van der Waals surface area contributed by atoms with E-state index in [1.807, 2.05) is 6.92 Å². The van der Waals surface area contributed by atoms with Gasteiger partial charge in [0.2, 0.25) is 0 Å². The molecule has 0 radical (unpaired) electrons. The fourth-order valence-electron chi connectivity index (χ4n) is 3.84. The van der Waals surface area contributed by atoms with Gasteiger partial charge in [-0.15, -0.1) is 0 Å². The standard InChI is InChI=1S/C15H27NO2.CH4/c1-2-18-14(17)16-15(11-7-4-8-12-15)13-9-5-3-6-10-13;/h13H,2-12H2,1H3,(H,16,17);1H4. The summed E-state index contributed by atoms with van der Waals surface area (Å²) in [6.07, 6.45) is 12.5. The number of amides is 1. The van der Waals surface area contributed by atoms with Crippen molar-refractivity contribution in [2.24, 2.45) is 5.92 Å². The van der Waals surface area contributed by atoms with E-state index in [0.29, 0.717) is 12.5 Å². The molecule has 3 nitrogen and oxygen atoms in total. The van der Waals surface area contributed by atoms with E-state index < -0.39 is 0 Å². The van der Waals surface area contributed by atoms with Crippen LogP contribution in [0.1, 0.15) is 78.6 Å². The lowest BCUT2D eigenvalue weighted by Crippen LogP contribution is -2.55. The van der Waals surface area contributed by atoms with Crippen molar-refractivity contribution in [3.63, 3.8) is 0 Å². The molecule has 0 spiro atoms. The first kappa shape index (κ1) is 16.3. The van der Waals surface area contributed by atoms with Crippen molar-refractivity contribution in [2.45, 2.75) is 84.1 Å². The fraction of sp³-hybridized carbons (Fsp3) is 0.938. The maximum absolute atomic E-state index is 11.8. The number of hydrogen-bond donors (Lipinski definition) is 1. The van der Waals surface area contributed by atoms with Gasteiger partial charge in [0.05, 0.1) is 6.61 Å². The zero-order valence-corrected chi connectivity index (χ0v) is 11.7. The molecule has 0 aromatic heterocycles. The van der Waals surface area contributed by atoms with E-state index >= 15 is 0 Å². The van der Waals surface area contributed by atoms with Crippen LogP contribution in [0.15, 0.2) is 0 Å². The third-order valence-electron chi connectivity index (χ3n) is 4.76. The molecular formula is C16H31NO2. The van der Waals surface area contributed by atoms with Gasteiger partial charge >= 0.3 is 6.09 Å². The van der Waals surface area contributed by atoms with Crippen molar-refractivity contribution >= 4 is 6.09 Å². The molecule has 0 aliphatic heterocycles.